The van der Waals surface area contributed by atoms with E-state index >= 15 is 0 Å². The lowest BCUT2D eigenvalue weighted by Crippen LogP contribution is -2.61. The van der Waals surface area contributed by atoms with E-state index in [1.165, 1.54) is 0 Å². The Balaban J connectivity index is 0.839. The van der Waals surface area contributed by atoms with Crippen molar-refractivity contribution in [3.63, 3.8) is 0 Å². The first kappa shape index (κ1) is 59.3. The van der Waals surface area contributed by atoms with Crippen LogP contribution in [-0.4, -0.2) is 110 Å². The van der Waals surface area contributed by atoms with Gasteiger partial charge in [0.2, 0.25) is 0 Å². The van der Waals surface area contributed by atoms with E-state index in [1.54, 1.807) is 0 Å². The Kier molecular flexibility index (Phi) is 15.1. The van der Waals surface area contributed by atoms with Crippen molar-refractivity contribution in [3.8, 4) is 0 Å². The number of aliphatic hydroxyl groups is 2. The van der Waals surface area contributed by atoms with Crippen molar-refractivity contribution in [2.24, 2.45) is 110 Å². The summed E-state index contributed by atoms with van der Waals surface area (Å²) in [5, 5.41) is 22.1. The zero-order chi connectivity index (χ0) is 56.4. The zero-order valence-corrected chi connectivity index (χ0v) is 49.5. The topological polar surface area (TPSA) is 304 Å². The van der Waals surface area contributed by atoms with Gasteiger partial charge in [0.1, 0.15) is 12.2 Å². The molecule has 10 rings (SSSR count). The average molecular weight is 1170 g/mol. The standard InChI is InChI=1S/C54H88O19S4/c1-28(32-12-14-34-30-20-45(70-74(57,58)59)40-22-42(55)47(72-76(63,64)65)25-52(40,7)36(30)16-18-50(32,34)5)10-11-38-39-24-44(69-54(39,9)27-49(38,3)4)29(2)33-13-15-35-31-21-46(71-75(60,61)62)41-23-43(56)48(73-77(66,67)68)26-53(41,8)37(31)17-19-51(33,35)6/h10-11,28-48,55-56H,12-27H2,1-9H3,(H,57,58,59)(H,60,61,62)(H,63,64,65)(H,66,67,68)/b11-10-/t28-,29+,30+,31+,32-,33-,34+,35+,36+,37+,38+,39+,40-,41-,42-,43+,44-,45+,46+,47+,48+,50-,51-,52-,53-,54-/m1/s1. The molecule has 26 atom stereocenters. The van der Waals surface area contributed by atoms with Crippen LogP contribution in [0.3, 0.4) is 0 Å². The number of ether oxygens (including phenoxy) is 1. The monoisotopic (exact) mass is 1170 g/mol. The van der Waals surface area contributed by atoms with E-state index in [-0.39, 0.29) is 113 Å². The first-order chi connectivity index (χ1) is 35.3. The third-order valence-corrected chi connectivity index (χ3v) is 26.7. The first-order valence-electron chi connectivity index (χ1n) is 28.6. The molecular weight excluding hydrogens is 1080 g/mol. The van der Waals surface area contributed by atoms with Crippen LogP contribution >= 0.6 is 0 Å². The Hall–Kier alpha value is -0.900. The SMILES string of the molecule is C[C@@H]([C@H]1CC[C@H]2[C@@H]3C[C@H](OS(=O)(=O)O)[C@H]4C[C@H](O)[C@@H](OS(=O)(=O)O)C[C@]4(C)[C@H]3CC[C@]12C)[C@H]1C[C@H]2[C@H](/C=C\[C@@H](C)[C@H]3CC[C@H]4[C@@H]5C[C@H](OS(=O)(=O)O)[C@H]6C[C@@H](O)[C@@H](OS(=O)(=O)O)C[C@]6(C)[C@H]5CC[C@]34C)C(C)(C)C[C@@]2(C)O1. The molecule has 442 valence electrons. The number of hydrogen-bond acceptors (Lipinski definition) is 15. The van der Waals surface area contributed by atoms with Gasteiger partial charge in [0, 0.05) is 0 Å². The van der Waals surface area contributed by atoms with Crippen LogP contribution in [0.2, 0.25) is 0 Å². The van der Waals surface area contributed by atoms with E-state index < -0.39 is 101 Å². The Morgan fingerprint density at radius 2 is 0.896 bits per heavy atom. The summed E-state index contributed by atoms with van der Waals surface area (Å²) >= 11 is 0. The van der Waals surface area contributed by atoms with Crippen LogP contribution in [-0.2, 0) is 63.1 Å². The van der Waals surface area contributed by atoms with Gasteiger partial charge < -0.3 is 14.9 Å². The number of allylic oxidation sites excluding steroid dienone is 2. The molecule has 0 aromatic rings. The van der Waals surface area contributed by atoms with Crippen LogP contribution < -0.4 is 0 Å². The van der Waals surface area contributed by atoms with Gasteiger partial charge in [-0.15, -0.1) is 0 Å². The highest BCUT2D eigenvalue weighted by atomic mass is 32.3. The molecule has 1 heterocycles. The molecule has 19 nitrogen and oxygen atoms in total. The van der Waals surface area contributed by atoms with Gasteiger partial charge in [-0.3, -0.25) is 18.2 Å². The highest BCUT2D eigenvalue weighted by Crippen LogP contribution is 2.72. The lowest BCUT2D eigenvalue weighted by atomic mass is 9.43. The lowest BCUT2D eigenvalue weighted by Gasteiger charge is -2.63. The van der Waals surface area contributed by atoms with E-state index in [1.807, 2.05) is 13.8 Å². The van der Waals surface area contributed by atoms with Gasteiger partial charge in [0.05, 0.1) is 36.1 Å². The zero-order valence-electron chi connectivity index (χ0n) is 46.2. The molecule has 10 fully saturated rings. The summed E-state index contributed by atoms with van der Waals surface area (Å²) in [7, 11) is -19.5. The van der Waals surface area contributed by atoms with Crippen molar-refractivity contribution in [2.75, 3.05) is 0 Å². The van der Waals surface area contributed by atoms with E-state index in [9.17, 15) is 62.1 Å². The van der Waals surface area contributed by atoms with Crippen molar-refractivity contribution in [2.45, 2.75) is 213 Å². The van der Waals surface area contributed by atoms with Gasteiger partial charge in [0.15, 0.2) is 0 Å². The number of rotatable bonds is 13. The quantitative estimate of drug-likeness (QED) is 0.0747. The maximum absolute atomic E-state index is 12.4. The molecule has 1 saturated heterocycles. The minimum absolute atomic E-state index is 0.00339. The summed E-state index contributed by atoms with van der Waals surface area (Å²) in [5.74, 6) is 1.08. The van der Waals surface area contributed by atoms with Crippen molar-refractivity contribution in [1.82, 2.24) is 0 Å². The van der Waals surface area contributed by atoms with E-state index in [2.05, 4.69) is 60.6 Å². The fraction of sp³-hybridized carbons (Fsp3) is 0.963. The Morgan fingerprint density at radius 1 is 0.494 bits per heavy atom. The fourth-order valence-corrected chi connectivity index (χ4v) is 24.1. The molecule has 9 saturated carbocycles. The predicted molar refractivity (Wildman–Crippen MR) is 280 cm³/mol. The van der Waals surface area contributed by atoms with Crippen LogP contribution in [0.25, 0.3) is 0 Å². The van der Waals surface area contributed by atoms with E-state index in [0.717, 1.165) is 64.2 Å². The summed E-state index contributed by atoms with van der Waals surface area (Å²) < 4.78 is 165. The van der Waals surface area contributed by atoms with Gasteiger partial charge in [-0.25, -0.2) is 16.7 Å². The Bertz CT molecular complexity index is 2760. The number of fused-ring (bicyclic) bond motifs is 11. The smallest absolute Gasteiger partial charge is 0.390 e. The summed E-state index contributed by atoms with van der Waals surface area (Å²) in [5.41, 5.74) is -2.01. The summed E-state index contributed by atoms with van der Waals surface area (Å²) in [6.07, 6.45) is 8.02. The van der Waals surface area contributed by atoms with Crippen LogP contribution in [0, 0.1) is 110 Å². The average Bonchev–Trinajstić information content (AvgIpc) is 4.16. The molecule has 0 spiro atoms. The lowest BCUT2D eigenvalue weighted by molar-refractivity contribution is -0.188. The predicted octanol–water partition coefficient (Wildman–Crippen LogP) is 8.26. The number of hydrogen-bond donors (Lipinski definition) is 6. The van der Waals surface area contributed by atoms with E-state index in [0.29, 0.717) is 24.7 Å². The van der Waals surface area contributed by atoms with Crippen molar-refractivity contribution in [3.05, 3.63) is 12.2 Å². The van der Waals surface area contributed by atoms with E-state index in [4.69, 9.17) is 21.5 Å². The molecule has 23 heteroatoms. The molecule has 1 aliphatic heterocycles. The maximum Gasteiger partial charge on any atom is 0.397 e. The largest absolute Gasteiger partial charge is 0.397 e. The molecule has 9 aliphatic carbocycles. The fourth-order valence-electron chi connectivity index (χ4n) is 22.0. The van der Waals surface area contributed by atoms with Gasteiger partial charge in [-0.1, -0.05) is 67.5 Å². The highest BCUT2D eigenvalue weighted by Gasteiger charge is 2.68. The van der Waals surface area contributed by atoms with Crippen molar-refractivity contribution < 1.29 is 83.6 Å². The van der Waals surface area contributed by atoms with Gasteiger partial charge in [0.25, 0.3) is 0 Å². The molecule has 0 radical (unpaired) electrons. The van der Waals surface area contributed by atoms with Crippen LogP contribution in [0.15, 0.2) is 12.2 Å². The highest BCUT2D eigenvalue weighted by molar-refractivity contribution is 7.81. The van der Waals surface area contributed by atoms with Crippen molar-refractivity contribution in [1.29, 1.82) is 0 Å². The van der Waals surface area contributed by atoms with Gasteiger partial charge >= 0.3 is 41.6 Å². The van der Waals surface area contributed by atoms with Crippen LogP contribution in [0.4, 0.5) is 0 Å². The minimum atomic E-state index is -4.89. The molecule has 0 aromatic heterocycles. The number of aliphatic hydroxyl groups excluding tert-OH is 2. The first-order valence-corrected chi connectivity index (χ1v) is 34.1. The molecule has 10 aliphatic rings. The Morgan fingerprint density at radius 3 is 1.34 bits per heavy atom. The minimum Gasteiger partial charge on any atom is -0.390 e. The maximum atomic E-state index is 12.4. The molecular formula is C54H88O19S4. The van der Waals surface area contributed by atoms with Gasteiger partial charge in [-0.05, 0) is 220 Å². The second kappa shape index (κ2) is 19.6. The Labute approximate surface area is 458 Å². The van der Waals surface area contributed by atoms with Crippen LogP contribution in [0.5, 0.6) is 0 Å². The van der Waals surface area contributed by atoms with Crippen LogP contribution in [0.1, 0.15) is 165 Å². The summed E-state index contributed by atoms with van der Waals surface area (Å²) in [4.78, 5) is 0. The molecule has 0 amide bonds. The normalized spacial score (nSPS) is 51.4. The third-order valence-electron chi connectivity index (χ3n) is 24.7. The molecule has 0 bridgehead atoms. The summed E-state index contributed by atoms with van der Waals surface area (Å²) in [6.45, 7) is 20.4. The molecule has 6 N–H and O–H groups in total. The van der Waals surface area contributed by atoms with Gasteiger partial charge in [-0.2, -0.15) is 33.7 Å². The molecule has 77 heavy (non-hydrogen) atoms. The second-order valence-electron chi connectivity index (χ2n) is 28.8. The second-order valence-corrected chi connectivity index (χ2v) is 33.0. The van der Waals surface area contributed by atoms with Crippen molar-refractivity contribution >= 4 is 41.6 Å². The molecule has 0 aromatic carbocycles. The third kappa shape index (κ3) is 10.5. The molecule has 0 unspecified atom stereocenters. The summed E-state index contributed by atoms with van der Waals surface area (Å²) in [6, 6.07) is 0.